The third-order valence-electron chi connectivity index (χ3n) is 4.72. The molecule has 0 heterocycles. The maximum absolute atomic E-state index is 9.94. The summed E-state index contributed by atoms with van der Waals surface area (Å²) < 4.78 is 6.85. The van der Waals surface area contributed by atoms with E-state index in [0.717, 1.165) is 0 Å². The Bertz CT molecular complexity index is 640. The molecule has 1 unspecified atom stereocenters. The van der Waals surface area contributed by atoms with Crippen LogP contribution in [0.15, 0.2) is 73.3 Å². The predicted octanol–water partition coefficient (Wildman–Crippen LogP) is 2.86. The van der Waals surface area contributed by atoms with Crippen LogP contribution >= 0.6 is 0 Å². The highest BCUT2D eigenvalue weighted by Crippen LogP contribution is 2.38. The van der Waals surface area contributed by atoms with Crippen LogP contribution in [-0.4, -0.2) is 37.3 Å². The fourth-order valence-electron chi connectivity index (χ4n) is 3.45. The SMILES string of the molecule is C=CC(C[C@H](O)CO)O[Si](c1ccccc1)(c1ccccc1)C(C)(C)C. The fourth-order valence-corrected chi connectivity index (χ4v) is 8.11. The fraction of sp³-hybridized carbons (Fsp3) is 0.364. The van der Waals surface area contributed by atoms with Crippen LogP contribution in [0.1, 0.15) is 27.2 Å². The third-order valence-corrected chi connectivity index (χ3v) is 9.78. The van der Waals surface area contributed by atoms with Gasteiger partial charge in [0.05, 0.1) is 18.8 Å². The smallest absolute Gasteiger partial charge is 0.261 e. The second-order valence-electron chi connectivity index (χ2n) is 7.63. The van der Waals surface area contributed by atoms with Gasteiger partial charge < -0.3 is 14.6 Å². The van der Waals surface area contributed by atoms with Crippen molar-refractivity contribution >= 4 is 18.7 Å². The molecule has 4 heteroatoms. The summed E-state index contributed by atoms with van der Waals surface area (Å²) in [7, 11) is -2.68. The minimum absolute atomic E-state index is 0.138. The summed E-state index contributed by atoms with van der Waals surface area (Å²) >= 11 is 0. The van der Waals surface area contributed by atoms with Gasteiger partial charge in [-0.3, -0.25) is 0 Å². The molecule has 26 heavy (non-hydrogen) atoms. The lowest BCUT2D eigenvalue weighted by Gasteiger charge is -2.45. The van der Waals surface area contributed by atoms with E-state index in [4.69, 9.17) is 4.43 Å². The largest absolute Gasteiger partial charge is 0.401 e. The Kier molecular flexibility index (Phi) is 6.95. The van der Waals surface area contributed by atoms with Crippen LogP contribution < -0.4 is 10.4 Å². The van der Waals surface area contributed by atoms with Gasteiger partial charge in [0.25, 0.3) is 8.32 Å². The Balaban J connectivity index is 2.62. The molecule has 2 aromatic carbocycles. The monoisotopic (exact) mass is 370 g/mol. The van der Waals surface area contributed by atoms with E-state index in [9.17, 15) is 10.2 Å². The van der Waals surface area contributed by atoms with E-state index in [1.165, 1.54) is 10.4 Å². The van der Waals surface area contributed by atoms with Gasteiger partial charge in [0, 0.05) is 6.42 Å². The number of aliphatic hydroxyl groups is 2. The van der Waals surface area contributed by atoms with Crippen molar-refractivity contribution in [3.63, 3.8) is 0 Å². The zero-order valence-corrected chi connectivity index (χ0v) is 16.9. The second-order valence-corrected chi connectivity index (χ2v) is 11.9. The molecule has 2 N–H and O–H groups in total. The van der Waals surface area contributed by atoms with Crippen molar-refractivity contribution in [2.75, 3.05) is 6.61 Å². The number of hydrogen-bond acceptors (Lipinski definition) is 3. The van der Waals surface area contributed by atoms with Gasteiger partial charge in [-0.05, 0) is 15.4 Å². The Labute approximate surface area is 158 Å². The topological polar surface area (TPSA) is 49.7 Å². The molecule has 0 saturated heterocycles. The highest BCUT2D eigenvalue weighted by Gasteiger charge is 2.51. The molecule has 0 saturated carbocycles. The van der Waals surface area contributed by atoms with Crippen LogP contribution in [-0.2, 0) is 4.43 Å². The zero-order valence-electron chi connectivity index (χ0n) is 15.9. The lowest BCUT2D eigenvalue weighted by Crippen LogP contribution is -2.67. The van der Waals surface area contributed by atoms with Gasteiger partial charge >= 0.3 is 0 Å². The van der Waals surface area contributed by atoms with E-state index >= 15 is 0 Å². The molecular formula is C22H30O3Si. The van der Waals surface area contributed by atoms with Crippen molar-refractivity contribution < 1.29 is 14.6 Å². The van der Waals surface area contributed by atoms with Crippen molar-refractivity contribution in [3.05, 3.63) is 73.3 Å². The van der Waals surface area contributed by atoms with E-state index in [-0.39, 0.29) is 17.7 Å². The van der Waals surface area contributed by atoms with Crippen molar-refractivity contribution in [1.29, 1.82) is 0 Å². The second kappa shape index (κ2) is 8.78. The summed E-state index contributed by atoms with van der Waals surface area (Å²) in [6.45, 7) is 10.3. The normalized spacial score (nSPS) is 14.7. The molecule has 2 rings (SSSR count). The van der Waals surface area contributed by atoms with Gasteiger partial charge in [0.15, 0.2) is 0 Å². The number of benzene rings is 2. The van der Waals surface area contributed by atoms with Crippen LogP contribution in [0.5, 0.6) is 0 Å². The summed E-state index contributed by atoms with van der Waals surface area (Å²) in [5.74, 6) is 0. The van der Waals surface area contributed by atoms with Crippen LogP contribution in [0.2, 0.25) is 5.04 Å². The average molecular weight is 371 g/mol. The molecule has 0 aliphatic rings. The Morgan fingerprint density at radius 3 is 1.81 bits per heavy atom. The molecule has 0 aromatic heterocycles. The summed E-state index contributed by atoms with van der Waals surface area (Å²) in [4.78, 5) is 0. The zero-order chi connectivity index (χ0) is 19.2. The minimum atomic E-state index is -2.68. The van der Waals surface area contributed by atoms with Crippen molar-refractivity contribution in [1.82, 2.24) is 0 Å². The van der Waals surface area contributed by atoms with Crippen molar-refractivity contribution in [2.24, 2.45) is 0 Å². The van der Waals surface area contributed by atoms with Gasteiger partial charge in [0.1, 0.15) is 0 Å². The number of rotatable bonds is 8. The molecule has 0 amide bonds. The molecule has 0 radical (unpaired) electrons. The van der Waals surface area contributed by atoms with E-state index in [0.29, 0.717) is 6.42 Å². The van der Waals surface area contributed by atoms with Gasteiger partial charge in [-0.25, -0.2) is 0 Å². The summed E-state index contributed by atoms with van der Waals surface area (Å²) in [5, 5.41) is 21.4. The standard InChI is InChI=1S/C22H30O3Si/c1-5-19(16-18(24)17-23)25-26(22(2,3)4,20-12-8-6-9-13-20)21-14-10-7-11-15-21/h5-15,18-19,23-24H,1,16-17H2,2-4H3/t18-,19?/m0/s1. The first-order chi connectivity index (χ1) is 12.3. The molecule has 0 spiro atoms. The summed E-state index contributed by atoms with van der Waals surface area (Å²) in [6, 6.07) is 20.7. The Hall–Kier alpha value is -1.72. The maximum Gasteiger partial charge on any atom is 0.261 e. The van der Waals surface area contributed by atoms with Crippen LogP contribution in [0.3, 0.4) is 0 Å². The molecule has 2 aromatic rings. The third kappa shape index (κ3) is 4.33. The predicted molar refractivity (Wildman–Crippen MR) is 110 cm³/mol. The first-order valence-corrected chi connectivity index (χ1v) is 11.0. The first kappa shape index (κ1) is 20.6. The van der Waals surface area contributed by atoms with Gasteiger partial charge in [-0.1, -0.05) is 87.5 Å². The Morgan fingerprint density at radius 2 is 1.46 bits per heavy atom. The molecular weight excluding hydrogens is 340 g/mol. The number of aliphatic hydroxyl groups excluding tert-OH is 2. The quantitative estimate of drug-likeness (QED) is 0.555. The minimum Gasteiger partial charge on any atom is -0.401 e. The summed E-state index contributed by atoms with van der Waals surface area (Å²) in [6.07, 6.45) is 0.891. The van der Waals surface area contributed by atoms with Crippen LogP contribution in [0, 0.1) is 0 Å². The summed E-state index contributed by atoms with van der Waals surface area (Å²) in [5.41, 5.74) is 0. The van der Waals surface area contributed by atoms with Crippen LogP contribution in [0.25, 0.3) is 0 Å². The highest BCUT2D eigenvalue weighted by molar-refractivity contribution is 6.99. The molecule has 0 fully saturated rings. The van der Waals surface area contributed by atoms with E-state index in [2.05, 4.69) is 51.6 Å². The molecule has 0 aliphatic carbocycles. The average Bonchev–Trinajstić information content (AvgIpc) is 2.65. The lowest BCUT2D eigenvalue weighted by atomic mass is 10.2. The van der Waals surface area contributed by atoms with E-state index < -0.39 is 14.4 Å². The van der Waals surface area contributed by atoms with Crippen molar-refractivity contribution in [3.8, 4) is 0 Å². The van der Waals surface area contributed by atoms with Gasteiger partial charge in [-0.2, -0.15) is 0 Å². The van der Waals surface area contributed by atoms with Gasteiger partial charge in [0.2, 0.25) is 0 Å². The number of hydrogen-bond donors (Lipinski definition) is 2. The molecule has 3 nitrogen and oxygen atoms in total. The van der Waals surface area contributed by atoms with E-state index in [1.807, 2.05) is 36.4 Å². The van der Waals surface area contributed by atoms with E-state index in [1.54, 1.807) is 6.08 Å². The van der Waals surface area contributed by atoms with Crippen LogP contribution in [0.4, 0.5) is 0 Å². The highest BCUT2D eigenvalue weighted by atomic mass is 28.4. The van der Waals surface area contributed by atoms with Gasteiger partial charge in [-0.15, -0.1) is 6.58 Å². The lowest BCUT2D eigenvalue weighted by molar-refractivity contribution is 0.0595. The molecule has 0 aliphatic heterocycles. The molecule has 2 atom stereocenters. The Morgan fingerprint density at radius 1 is 1.00 bits per heavy atom. The maximum atomic E-state index is 9.94. The first-order valence-electron chi connectivity index (χ1n) is 9.05. The van der Waals surface area contributed by atoms with Crippen molar-refractivity contribution in [2.45, 2.75) is 44.4 Å². The molecule has 140 valence electrons. The molecule has 0 bridgehead atoms.